The molecular weight excluding hydrogens is 477 g/mol. The third kappa shape index (κ3) is 8.36. The number of carbonyl (C=O) groups excluding carboxylic acids is 1. The van der Waals surface area contributed by atoms with E-state index >= 15 is 0 Å². The van der Waals surface area contributed by atoms with E-state index in [1.54, 1.807) is 20.0 Å². The number of hydrogen-bond acceptors (Lipinski definition) is 6. The number of carbonyl (C=O) groups is 1. The van der Waals surface area contributed by atoms with Crippen molar-refractivity contribution >= 4 is 35.9 Å². The lowest BCUT2D eigenvalue weighted by Gasteiger charge is -2.21. The molecule has 2 heterocycles. The van der Waals surface area contributed by atoms with E-state index in [1.165, 1.54) is 7.11 Å². The zero-order chi connectivity index (χ0) is 19.5. The van der Waals surface area contributed by atoms with Gasteiger partial charge in [-0.3, -0.25) is 4.99 Å². The molecule has 1 fully saturated rings. The molecule has 2 N–H and O–H groups in total. The first kappa shape index (κ1) is 24.7. The maximum atomic E-state index is 11.6. The first-order valence-electron chi connectivity index (χ1n) is 9.41. The molecule has 1 aromatic heterocycles. The summed E-state index contributed by atoms with van der Waals surface area (Å²) in [4.78, 5) is 15.8. The van der Waals surface area contributed by atoms with E-state index in [1.807, 2.05) is 0 Å². The van der Waals surface area contributed by atoms with E-state index in [0.29, 0.717) is 35.5 Å². The van der Waals surface area contributed by atoms with Gasteiger partial charge >= 0.3 is 5.97 Å². The molecule has 0 aliphatic carbocycles. The van der Waals surface area contributed by atoms with E-state index in [-0.39, 0.29) is 24.0 Å². The van der Waals surface area contributed by atoms with Crippen LogP contribution >= 0.6 is 24.0 Å². The number of guanidine groups is 1. The van der Waals surface area contributed by atoms with Crippen LogP contribution in [-0.4, -0.2) is 59.1 Å². The molecule has 0 saturated carbocycles. The van der Waals surface area contributed by atoms with Crippen molar-refractivity contribution in [3.63, 3.8) is 0 Å². The zero-order valence-electron chi connectivity index (χ0n) is 16.9. The van der Waals surface area contributed by atoms with Gasteiger partial charge in [0, 0.05) is 40.0 Å². The van der Waals surface area contributed by atoms with Gasteiger partial charge in [0.1, 0.15) is 17.1 Å². The second-order valence-electron chi connectivity index (χ2n) is 6.51. The van der Waals surface area contributed by atoms with E-state index in [9.17, 15) is 4.79 Å². The topological polar surface area (TPSA) is 94.3 Å². The number of aryl methyl sites for hydroxylation is 1. The van der Waals surface area contributed by atoms with Crippen LogP contribution in [0.25, 0.3) is 0 Å². The maximum absolute atomic E-state index is 11.6. The molecule has 1 aromatic rings. The third-order valence-electron chi connectivity index (χ3n) is 4.48. The van der Waals surface area contributed by atoms with Crippen molar-refractivity contribution < 1.29 is 23.4 Å². The summed E-state index contributed by atoms with van der Waals surface area (Å²) in [5.74, 6) is 2.10. The number of ether oxygens (including phenoxy) is 3. The van der Waals surface area contributed by atoms with Gasteiger partial charge in [0.05, 0.1) is 13.7 Å². The summed E-state index contributed by atoms with van der Waals surface area (Å²) in [5, 5.41) is 6.40. The predicted octanol–water partition coefficient (Wildman–Crippen LogP) is 2.49. The molecule has 0 bridgehead atoms. The summed E-state index contributed by atoms with van der Waals surface area (Å²) in [6.45, 7) is 6.18. The average Bonchev–Trinajstić information content (AvgIpc) is 3.07. The van der Waals surface area contributed by atoms with E-state index in [4.69, 9.17) is 18.6 Å². The summed E-state index contributed by atoms with van der Waals surface area (Å²) in [7, 11) is 3.07. The molecule has 160 valence electrons. The van der Waals surface area contributed by atoms with E-state index in [0.717, 1.165) is 52.2 Å². The number of esters is 1. The SMILES string of the molecule is CN=C(NCCCOCC1CCOCC1)NCc1cc(C(=O)OC)c(C)o1.I. The van der Waals surface area contributed by atoms with Crippen LogP contribution in [-0.2, 0) is 20.8 Å². The number of aliphatic imine (C=N–C) groups is 1. The van der Waals surface area contributed by atoms with Crippen LogP contribution in [0.15, 0.2) is 15.5 Å². The van der Waals surface area contributed by atoms with Gasteiger partial charge in [0.2, 0.25) is 0 Å². The van der Waals surface area contributed by atoms with Crippen LogP contribution in [0.3, 0.4) is 0 Å². The second-order valence-corrected chi connectivity index (χ2v) is 6.51. The average molecular weight is 509 g/mol. The van der Waals surface area contributed by atoms with Crippen molar-refractivity contribution in [2.24, 2.45) is 10.9 Å². The van der Waals surface area contributed by atoms with Gasteiger partial charge in [-0.1, -0.05) is 0 Å². The molecule has 0 aromatic carbocycles. The van der Waals surface area contributed by atoms with Crippen LogP contribution < -0.4 is 10.6 Å². The molecule has 8 nitrogen and oxygen atoms in total. The Morgan fingerprint density at radius 2 is 2.07 bits per heavy atom. The summed E-state index contributed by atoms with van der Waals surface area (Å²) in [6.07, 6.45) is 3.09. The van der Waals surface area contributed by atoms with Crippen LogP contribution in [0.1, 0.15) is 41.1 Å². The molecule has 0 amide bonds. The summed E-state index contributed by atoms with van der Waals surface area (Å²) in [5.41, 5.74) is 0.443. The molecule has 0 spiro atoms. The van der Waals surface area contributed by atoms with Crippen LogP contribution in [0, 0.1) is 12.8 Å². The first-order chi connectivity index (χ1) is 13.1. The Bertz CT molecular complexity index is 615. The number of hydrogen-bond donors (Lipinski definition) is 2. The lowest BCUT2D eigenvalue weighted by Crippen LogP contribution is -2.37. The largest absolute Gasteiger partial charge is 0.465 e. The maximum Gasteiger partial charge on any atom is 0.341 e. The van der Waals surface area contributed by atoms with Gasteiger partial charge in [-0.2, -0.15) is 0 Å². The van der Waals surface area contributed by atoms with Gasteiger partial charge in [0.15, 0.2) is 5.96 Å². The Morgan fingerprint density at radius 3 is 2.75 bits per heavy atom. The van der Waals surface area contributed by atoms with Crippen LogP contribution in [0.2, 0.25) is 0 Å². The minimum absolute atomic E-state index is 0. The zero-order valence-corrected chi connectivity index (χ0v) is 19.2. The molecule has 2 rings (SSSR count). The predicted molar refractivity (Wildman–Crippen MR) is 117 cm³/mol. The van der Waals surface area contributed by atoms with Crippen LogP contribution in [0.4, 0.5) is 0 Å². The molecule has 1 aliphatic rings. The molecule has 0 atom stereocenters. The van der Waals surface area contributed by atoms with Crippen molar-refractivity contribution in [1.82, 2.24) is 10.6 Å². The first-order valence-corrected chi connectivity index (χ1v) is 9.41. The van der Waals surface area contributed by atoms with E-state index in [2.05, 4.69) is 15.6 Å². The summed E-state index contributed by atoms with van der Waals surface area (Å²) < 4.78 is 21.4. The highest BCUT2D eigenvalue weighted by atomic mass is 127. The standard InChI is InChI=1S/C19H31N3O5.HI/c1-14-17(18(23)24-3)11-16(27-14)12-22-19(20-2)21-7-4-8-26-13-15-5-9-25-10-6-15;/h11,15H,4-10,12-13H2,1-3H3,(H2,20,21,22);1H. The van der Waals surface area contributed by atoms with Gasteiger partial charge in [0.25, 0.3) is 0 Å². The van der Waals surface area contributed by atoms with Gasteiger partial charge in [-0.25, -0.2) is 4.79 Å². The van der Waals surface area contributed by atoms with Gasteiger partial charge in [-0.15, -0.1) is 24.0 Å². The lowest BCUT2D eigenvalue weighted by atomic mass is 10.0. The highest BCUT2D eigenvalue weighted by Crippen LogP contribution is 2.16. The molecule has 0 unspecified atom stereocenters. The fourth-order valence-corrected chi connectivity index (χ4v) is 2.88. The summed E-state index contributed by atoms with van der Waals surface area (Å²) in [6, 6.07) is 1.69. The number of nitrogens with one attached hydrogen (secondary N) is 2. The highest BCUT2D eigenvalue weighted by molar-refractivity contribution is 14.0. The second kappa shape index (κ2) is 13.8. The monoisotopic (exact) mass is 509 g/mol. The smallest absolute Gasteiger partial charge is 0.341 e. The summed E-state index contributed by atoms with van der Waals surface area (Å²) >= 11 is 0. The third-order valence-corrected chi connectivity index (χ3v) is 4.48. The van der Waals surface area contributed by atoms with Crippen LogP contribution in [0.5, 0.6) is 0 Å². The molecule has 9 heteroatoms. The Morgan fingerprint density at radius 1 is 1.32 bits per heavy atom. The number of methoxy groups -OCH3 is 1. The van der Waals surface area contributed by atoms with Gasteiger partial charge < -0.3 is 29.3 Å². The molecular formula is C19H32IN3O5. The number of furan rings is 1. The van der Waals surface area contributed by atoms with Gasteiger partial charge in [-0.05, 0) is 38.2 Å². The number of halogens is 1. The highest BCUT2D eigenvalue weighted by Gasteiger charge is 2.15. The minimum atomic E-state index is -0.397. The van der Waals surface area contributed by atoms with Crippen molar-refractivity contribution in [1.29, 1.82) is 0 Å². The normalized spacial score (nSPS) is 15.0. The molecule has 28 heavy (non-hydrogen) atoms. The van der Waals surface area contributed by atoms with E-state index < -0.39 is 5.97 Å². The van der Waals surface area contributed by atoms with Crippen molar-refractivity contribution in [3.8, 4) is 0 Å². The molecule has 1 saturated heterocycles. The Balaban J connectivity index is 0.00000392. The Hall–Kier alpha value is -1.33. The lowest BCUT2D eigenvalue weighted by molar-refractivity contribution is 0.0203. The fourth-order valence-electron chi connectivity index (χ4n) is 2.88. The fraction of sp³-hybridized carbons (Fsp3) is 0.684. The minimum Gasteiger partial charge on any atom is -0.465 e. The van der Waals surface area contributed by atoms with Crippen molar-refractivity contribution in [3.05, 3.63) is 23.2 Å². The number of rotatable bonds is 9. The van der Waals surface area contributed by atoms with Crippen molar-refractivity contribution in [2.45, 2.75) is 32.7 Å². The van der Waals surface area contributed by atoms with Crippen molar-refractivity contribution in [2.75, 3.05) is 47.1 Å². The number of nitrogens with zero attached hydrogens (tertiary/aromatic N) is 1. The Labute approximate surface area is 183 Å². The molecule has 0 radical (unpaired) electrons. The molecule has 1 aliphatic heterocycles. The Kier molecular flexibility index (Phi) is 12.2. The quantitative estimate of drug-likeness (QED) is 0.174.